The molecule has 1 amide bonds. The number of rotatable bonds is 4. The molecule has 6 nitrogen and oxygen atoms in total. The van der Waals surface area contributed by atoms with Crippen LogP contribution in [0.2, 0.25) is 0 Å². The predicted octanol–water partition coefficient (Wildman–Crippen LogP) is 2.24. The molecule has 1 N–H and O–H groups in total. The van der Waals surface area contributed by atoms with E-state index in [4.69, 9.17) is 0 Å². The number of aromatic nitrogens is 3. The van der Waals surface area contributed by atoms with E-state index >= 15 is 0 Å². The van der Waals surface area contributed by atoms with Gasteiger partial charge in [0.25, 0.3) is 5.91 Å². The van der Waals surface area contributed by atoms with E-state index in [1.807, 2.05) is 0 Å². The number of fused-ring (bicyclic) bond motifs is 2. The van der Waals surface area contributed by atoms with E-state index in [1.165, 1.54) is 58.2 Å². The zero-order valence-corrected chi connectivity index (χ0v) is 15.7. The standard InChI is InChI=1S/C20H31N5O/c26-20(21-17-7-3-4-8-17)19-23-22-18-9-15-11-24(10-14-5-1-2-6-14)12-16(15)13-25(18)19/h14-17H,1-13H2,(H,21,26)/t15-,16-/m0/s1. The van der Waals surface area contributed by atoms with Gasteiger partial charge in [0.05, 0.1) is 0 Å². The summed E-state index contributed by atoms with van der Waals surface area (Å²) in [7, 11) is 0. The van der Waals surface area contributed by atoms with Crippen LogP contribution in [0.3, 0.4) is 0 Å². The van der Waals surface area contributed by atoms with Crippen LogP contribution in [0.5, 0.6) is 0 Å². The number of nitrogens with one attached hydrogen (secondary N) is 1. The molecule has 0 spiro atoms. The molecule has 0 bridgehead atoms. The summed E-state index contributed by atoms with van der Waals surface area (Å²) >= 11 is 0. The van der Waals surface area contributed by atoms with Crippen LogP contribution in [0.25, 0.3) is 0 Å². The van der Waals surface area contributed by atoms with E-state index in [2.05, 4.69) is 25.0 Å². The number of likely N-dealkylation sites (tertiary alicyclic amines) is 1. The van der Waals surface area contributed by atoms with E-state index in [9.17, 15) is 4.79 Å². The highest BCUT2D eigenvalue weighted by molar-refractivity contribution is 5.91. The molecular formula is C20H31N5O. The first kappa shape index (κ1) is 16.7. The van der Waals surface area contributed by atoms with Crippen LogP contribution < -0.4 is 5.32 Å². The second kappa shape index (κ2) is 6.95. The second-order valence-corrected chi connectivity index (χ2v) is 9.10. The van der Waals surface area contributed by atoms with Crippen molar-refractivity contribution in [1.29, 1.82) is 0 Å². The van der Waals surface area contributed by atoms with Crippen LogP contribution in [0.1, 0.15) is 67.8 Å². The van der Waals surface area contributed by atoms with Crippen LogP contribution in [-0.4, -0.2) is 51.2 Å². The first-order valence-electron chi connectivity index (χ1n) is 10.7. The van der Waals surface area contributed by atoms with Gasteiger partial charge >= 0.3 is 0 Å². The van der Waals surface area contributed by atoms with Crippen molar-refractivity contribution in [1.82, 2.24) is 25.0 Å². The van der Waals surface area contributed by atoms with Gasteiger partial charge in [0.2, 0.25) is 5.82 Å². The summed E-state index contributed by atoms with van der Waals surface area (Å²) in [6.45, 7) is 4.59. The van der Waals surface area contributed by atoms with E-state index < -0.39 is 0 Å². The Balaban J connectivity index is 1.24. The quantitative estimate of drug-likeness (QED) is 0.898. The number of nitrogens with zero attached hydrogens (tertiary/aromatic N) is 4. The van der Waals surface area contributed by atoms with Crippen LogP contribution in [0.4, 0.5) is 0 Å². The highest BCUT2D eigenvalue weighted by atomic mass is 16.2. The van der Waals surface area contributed by atoms with Crippen molar-refractivity contribution in [2.75, 3.05) is 19.6 Å². The third-order valence-electron chi connectivity index (χ3n) is 7.23. The topological polar surface area (TPSA) is 63.1 Å². The summed E-state index contributed by atoms with van der Waals surface area (Å²) in [6.07, 6.45) is 11.3. The van der Waals surface area contributed by atoms with Crippen molar-refractivity contribution in [2.45, 2.75) is 70.4 Å². The first-order chi connectivity index (χ1) is 12.8. The molecule has 2 saturated carbocycles. The molecule has 1 aromatic rings. The molecule has 4 aliphatic rings. The fourth-order valence-corrected chi connectivity index (χ4v) is 5.82. The van der Waals surface area contributed by atoms with Crippen LogP contribution >= 0.6 is 0 Å². The Morgan fingerprint density at radius 2 is 1.69 bits per heavy atom. The molecule has 2 atom stereocenters. The zero-order chi connectivity index (χ0) is 17.5. The van der Waals surface area contributed by atoms with Crippen molar-refractivity contribution in [3.8, 4) is 0 Å². The zero-order valence-electron chi connectivity index (χ0n) is 15.7. The lowest BCUT2D eigenvalue weighted by Crippen LogP contribution is -2.36. The molecule has 1 aromatic heterocycles. The Morgan fingerprint density at radius 3 is 2.50 bits per heavy atom. The summed E-state index contributed by atoms with van der Waals surface area (Å²) in [5.74, 6) is 3.80. The van der Waals surface area contributed by atoms with Gasteiger partial charge in [-0.3, -0.25) is 4.79 Å². The minimum atomic E-state index is -0.0186. The van der Waals surface area contributed by atoms with Gasteiger partial charge < -0.3 is 14.8 Å². The average molecular weight is 358 g/mol. The molecule has 3 fully saturated rings. The molecule has 0 unspecified atom stereocenters. The summed E-state index contributed by atoms with van der Waals surface area (Å²) in [4.78, 5) is 15.4. The van der Waals surface area contributed by atoms with Gasteiger partial charge in [-0.25, -0.2) is 0 Å². The Bertz CT molecular complexity index is 659. The highest BCUT2D eigenvalue weighted by Crippen LogP contribution is 2.34. The minimum Gasteiger partial charge on any atom is -0.347 e. The second-order valence-electron chi connectivity index (χ2n) is 9.10. The number of carbonyl (C=O) groups excluding carboxylic acids is 1. The monoisotopic (exact) mass is 357 g/mol. The number of amides is 1. The summed E-state index contributed by atoms with van der Waals surface area (Å²) in [5, 5.41) is 11.8. The summed E-state index contributed by atoms with van der Waals surface area (Å²) < 4.78 is 2.12. The fraction of sp³-hybridized carbons (Fsp3) is 0.850. The Kier molecular flexibility index (Phi) is 4.47. The third-order valence-corrected chi connectivity index (χ3v) is 7.23. The molecule has 26 heavy (non-hydrogen) atoms. The third kappa shape index (κ3) is 3.17. The maximum atomic E-state index is 12.7. The normalized spacial score (nSPS) is 29.8. The van der Waals surface area contributed by atoms with Gasteiger partial charge in [-0.1, -0.05) is 25.7 Å². The van der Waals surface area contributed by atoms with Gasteiger partial charge in [0, 0.05) is 38.6 Å². The van der Waals surface area contributed by atoms with Crippen LogP contribution in [-0.2, 0) is 13.0 Å². The molecule has 142 valence electrons. The molecule has 5 rings (SSSR count). The lowest BCUT2D eigenvalue weighted by atomic mass is 9.89. The van der Waals surface area contributed by atoms with Crippen molar-refractivity contribution in [3.63, 3.8) is 0 Å². The Labute approximate surface area is 155 Å². The maximum absolute atomic E-state index is 12.7. The Morgan fingerprint density at radius 1 is 0.962 bits per heavy atom. The molecule has 1 saturated heterocycles. The average Bonchev–Trinajstić information content (AvgIpc) is 3.40. The molecule has 3 heterocycles. The molecule has 2 aliphatic heterocycles. The van der Waals surface area contributed by atoms with Gasteiger partial charge in [-0.15, -0.1) is 10.2 Å². The van der Waals surface area contributed by atoms with E-state index in [1.54, 1.807) is 0 Å². The molecular weight excluding hydrogens is 326 g/mol. The van der Waals surface area contributed by atoms with E-state index in [-0.39, 0.29) is 5.91 Å². The van der Waals surface area contributed by atoms with Crippen molar-refractivity contribution in [3.05, 3.63) is 11.6 Å². The van der Waals surface area contributed by atoms with E-state index in [0.717, 1.165) is 37.5 Å². The molecule has 0 radical (unpaired) electrons. The largest absolute Gasteiger partial charge is 0.347 e. The van der Waals surface area contributed by atoms with E-state index in [0.29, 0.717) is 23.7 Å². The smallest absolute Gasteiger partial charge is 0.289 e. The predicted molar refractivity (Wildman–Crippen MR) is 98.8 cm³/mol. The Hall–Kier alpha value is -1.43. The van der Waals surface area contributed by atoms with Gasteiger partial charge in [0.1, 0.15) is 5.82 Å². The maximum Gasteiger partial charge on any atom is 0.289 e. The van der Waals surface area contributed by atoms with Gasteiger partial charge in [-0.05, 0) is 43.4 Å². The summed E-state index contributed by atoms with van der Waals surface area (Å²) in [5.41, 5.74) is 0. The van der Waals surface area contributed by atoms with Crippen LogP contribution in [0, 0.1) is 17.8 Å². The molecule has 0 aromatic carbocycles. The SMILES string of the molecule is O=C(NC1CCCC1)c1nnc2n1C[C@@H]1CN(CC3CCCC3)C[C@@H]1C2. The van der Waals surface area contributed by atoms with Gasteiger partial charge in [-0.2, -0.15) is 0 Å². The fourth-order valence-electron chi connectivity index (χ4n) is 5.82. The highest BCUT2D eigenvalue weighted by Gasteiger charge is 2.39. The molecule has 6 heteroatoms. The van der Waals surface area contributed by atoms with Crippen molar-refractivity contribution in [2.24, 2.45) is 17.8 Å². The van der Waals surface area contributed by atoms with Gasteiger partial charge in [0.15, 0.2) is 0 Å². The number of carbonyl (C=O) groups is 1. The first-order valence-corrected chi connectivity index (χ1v) is 10.7. The number of hydrogen-bond acceptors (Lipinski definition) is 4. The lowest BCUT2D eigenvalue weighted by Gasteiger charge is -2.26. The van der Waals surface area contributed by atoms with Crippen molar-refractivity contribution < 1.29 is 4.79 Å². The minimum absolute atomic E-state index is 0.0186. The van der Waals surface area contributed by atoms with Crippen molar-refractivity contribution >= 4 is 5.91 Å². The summed E-state index contributed by atoms with van der Waals surface area (Å²) in [6, 6.07) is 0.333. The lowest BCUT2D eigenvalue weighted by molar-refractivity contribution is 0.0919. The van der Waals surface area contributed by atoms with Crippen LogP contribution in [0.15, 0.2) is 0 Å². The molecule has 2 aliphatic carbocycles. The number of hydrogen-bond donors (Lipinski definition) is 1.